The number of allylic oxidation sites excluding steroid dienone is 2. The van der Waals surface area contributed by atoms with Crippen molar-refractivity contribution in [3.8, 4) is 5.75 Å². The highest BCUT2D eigenvalue weighted by molar-refractivity contribution is 6.06. The standard InChI is InChI=1S/C32H38N2O3/c1-31-11-9-25(35)20-24(31)7-8-27-28(31)10-12-32(2)29(27)19-23(30(32)36)17-22-5-3-6-26(18-22)37-16-4-14-34-15-13-33-21-34/h3,5-6,13,15,17-18,20-21,27-29H,4,7-12,14,16,19H2,1-2H3/b23-17-/t27-,28+,29+,31+,32+/m1/s1. The van der Waals surface area contributed by atoms with Gasteiger partial charge >= 0.3 is 0 Å². The Balaban J connectivity index is 1.17. The zero-order chi connectivity index (χ0) is 25.6. The van der Waals surface area contributed by atoms with Crippen molar-refractivity contribution in [3.63, 3.8) is 0 Å². The van der Waals surface area contributed by atoms with Crippen molar-refractivity contribution in [3.05, 3.63) is 65.8 Å². The largest absolute Gasteiger partial charge is 0.494 e. The number of Topliss-reactive ketones (excluding diaryl/α,β-unsaturated/α-hetero) is 1. The number of hydrogen-bond acceptors (Lipinski definition) is 4. The van der Waals surface area contributed by atoms with E-state index >= 15 is 0 Å². The summed E-state index contributed by atoms with van der Waals surface area (Å²) < 4.78 is 8.07. The van der Waals surface area contributed by atoms with Crippen molar-refractivity contribution in [2.24, 2.45) is 28.6 Å². The fraction of sp³-hybridized carbons (Fsp3) is 0.531. The van der Waals surface area contributed by atoms with Gasteiger partial charge in [0.1, 0.15) is 5.75 Å². The summed E-state index contributed by atoms with van der Waals surface area (Å²) in [7, 11) is 0. The minimum absolute atomic E-state index is 0.136. The van der Waals surface area contributed by atoms with E-state index in [1.165, 1.54) is 5.57 Å². The molecule has 3 saturated carbocycles. The second-order valence-corrected chi connectivity index (χ2v) is 12.2. The highest BCUT2D eigenvalue weighted by Crippen LogP contribution is 2.65. The number of aryl methyl sites for hydroxylation is 1. The Labute approximate surface area is 220 Å². The zero-order valence-electron chi connectivity index (χ0n) is 22.1. The minimum atomic E-state index is -0.253. The fourth-order valence-electron chi connectivity index (χ4n) is 8.11. The van der Waals surface area contributed by atoms with Crippen LogP contribution in [0.1, 0.15) is 70.8 Å². The molecule has 0 saturated heterocycles. The SMILES string of the molecule is C[C@]12CCC(=O)C=C1CC[C@@H]1[C@@H]2CC[C@]2(C)C(=O)/C(=C\c3cccc(OCCCn4ccnc4)c3)C[C@@H]12. The number of benzene rings is 1. The number of aromatic nitrogens is 2. The summed E-state index contributed by atoms with van der Waals surface area (Å²) in [5, 5.41) is 0. The smallest absolute Gasteiger partial charge is 0.165 e. The summed E-state index contributed by atoms with van der Waals surface area (Å²) in [5.74, 6) is 3.06. The van der Waals surface area contributed by atoms with E-state index in [-0.39, 0.29) is 10.8 Å². The van der Waals surface area contributed by atoms with Crippen LogP contribution in [-0.2, 0) is 16.1 Å². The number of fused-ring (bicyclic) bond motifs is 5. The first-order chi connectivity index (χ1) is 17.9. The summed E-state index contributed by atoms with van der Waals surface area (Å²) in [6.45, 7) is 6.16. The lowest BCUT2D eigenvalue weighted by Crippen LogP contribution is -2.50. The van der Waals surface area contributed by atoms with Gasteiger partial charge < -0.3 is 9.30 Å². The Kier molecular flexibility index (Phi) is 6.21. The van der Waals surface area contributed by atoms with E-state index < -0.39 is 0 Å². The van der Waals surface area contributed by atoms with Crippen LogP contribution in [0.5, 0.6) is 5.75 Å². The molecule has 5 nitrogen and oxygen atoms in total. The van der Waals surface area contributed by atoms with Crippen molar-refractivity contribution >= 4 is 17.6 Å². The van der Waals surface area contributed by atoms with Crippen molar-refractivity contribution in [1.29, 1.82) is 0 Å². The number of ketones is 2. The maximum atomic E-state index is 13.8. The lowest BCUT2D eigenvalue weighted by molar-refractivity contribution is -0.130. The molecule has 194 valence electrons. The van der Waals surface area contributed by atoms with Crippen LogP contribution >= 0.6 is 0 Å². The van der Waals surface area contributed by atoms with Gasteiger partial charge in [-0.25, -0.2) is 4.98 Å². The van der Waals surface area contributed by atoms with Crippen LogP contribution in [0, 0.1) is 28.6 Å². The van der Waals surface area contributed by atoms with E-state index in [0.29, 0.717) is 42.3 Å². The quantitative estimate of drug-likeness (QED) is 0.339. The Morgan fingerprint density at radius 3 is 2.84 bits per heavy atom. The molecule has 4 aliphatic rings. The molecular weight excluding hydrogens is 460 g/mol. The van der Waals surface area contributed by atoms with Gasteiger partial charge in [-0.05, 0) is 104 Å². The lowest BCUT2D eigenvalue weighted by Gasteiger charge is -2.56. The number of hydrogen-bond donors (Lipinski definition) is 0. The Morgan fingerprint density at radius 1 is 1.11 bits per heavy atom. The van der Waals surface area contributed by atoms with Gasteiger partial charge in [-0.15, -0.1) is 0 Å². The Hall–Kier alpha value is -2.95. The van der Waals surface area contributed by atoms with Crippen LogP contribution in [0.2, 0.25) is 0 Å². The van der Waals surface area contributed by atoms with Gasteiger partial charge in [0, 0.05) is 30.8 Å². The Bertz CT molecular complexity index is 1260. The topological polar surface area (TPSA) is 61.2 Å². The molecule has 0 amide bonds. The molecule has 0 unspecified atom stereocenters. The molecule has 3 fully saturated rings. The molecular formula is C32H38N2O3. The third kappa shape index (κ3) is 4.30. The lowest BCUT2D eigenvalue weighted by atomic mass is 9.47. The van der Waals surface area contributed by atoms with E-state index in [0.717, 1.165) is 68.4 Å². The highest BCUT2D eigenvalue weighted by atomic mass is 16.5. The first kappa shape index (κ1) is 24.4. The van der Waals surface area contributed by atoms with Crippen LogP contribution < -0.4 is 4.74 Å². The van der Waals surface area contributed by atoms with Crippen LogP contribution in [-0.4, -0.2) is 27.7 Å². The monoisotopic (exact) mass is 498 g/mol. The maximum Gasteiger partial charge on any atom is 0.165 e. The average molecular weight is 499 g/mol. The second kappa shape index (κ2) is 9.41. The predicted octanol–water partition coefficient (Wildman–Crippen LogP) is 6.45. The third-order valence-corrected chi connectivity index (χ3v) is 10.2. The molecule has 5 atom stereocenters. The van der Waals surface area contributed by atoms with Gasteiger partial charge in [0.15, 0.2) is 11.6 Å². The van der Waals surface area contributed by atoms with Crippen molar-refractivity contribution in [1.82, 2.24) is 9.55 Å². The van der Waals surface area contributed by atoms with Gasteiger partial charge in [-0.2, -0.15) is 0 Å². The molecule has 1 aromatic carbocycles. The minimum Gasteiger partial charge on any atom is -0.494 e. The maximum absolute atomic E-state index is 13.8. The van der Waals surface area contributed by atoms with Crippen molar-refractivity contribution in [2.75, 3.05) is 6.61 Å². The average Bonchev–Trinajstić information content (AvgIpc) is 3.49. The van der Waals surface area contributed by atoms with E-state index in [1.807, 2.05) is 30.7 Å². The molecule has 5 heteroatoms. The summed E-state index contributed by atoms with van der Waals surface area (Å²) in [5.41, 5.74) is 3.29. The third-order valence-electron chi connectivity index (χ3n) is 10.2. The van der Waals surface area contributed by atoms with E-state index in [4.69, 9.17) is 4.74 Å². The van der Waals surface area contributed by atoms with Crippen LogP contribution in [0.3, 0.4) is 0 Å². The van der Waals surface area contributed by atoms with Crippen LogP contribution in [0.15, 0.2) is 60.2 Å². The summed E-state index contributed by atoms with van der Waals surface area (Å²) in [4.78, 5) is 30.0. The van der Waals surface area contributed by atoms with Gasteiger partial charge in [0.05, 0.1) is 12.9 Å². The summed E-state index contributed by atoms with van der Waals surface area (Å²) in [6, 6.07) is 8.14. The molecule has 6 rings (SSSR count). The molecule has 1 heterocycles. The summed E-state index contributed by atoms with van der Waals surface area (Å²) in [6.07, 6.45) is 17.3. The normalized spacial score (nSPS) is 34.1. The van der Waals surface area contributed by atoms with Crippen LogP contribution in [0.4, 0.5) is 0 Å². The number of carbonyl (C=O) groups excluding carboxylic acids is 2. The number of imidazole rings is 1. The van der Waals surface area contributed by atoms with E-state index in [1.54, 1.807) is 6.20 Å². The highest BCUT2D eigenvalue weighted by Gasteiger charge is 2.60. The van der Waals surface area contributed by atoms with Gasteiger partial charge in [0.25, 0.3) is 0 Å². The molecule has 4 aliphatic carbocycles. The molecule has 0 aliphatic heterocycles. The molecule has 0 bridgehead atoms. The van der Waals surface area contributed by atoms with E-state index in [9.17, 15) is 9.59 Å². The van der Waals surface area contributed by atoms with Gasteiger partial charge in [-0.3, -0.25) is 9.59 Å². The summed E-state index contributed by atoms with van der Waals surface area (Å²) >= 11 is 0. The number of rotatable bonds is 6. The molecule has 0 N–H and O–H groups in total. The van der Waals surface area contributed by atoms with Crippen LogP contribution in [0.25, 0.3) is 6.08 Å². The van der Waals surface area contributed by atoms with Crippen molar-refractivity contribution in [2.45, 2.75) is 71.8 Å². The molecule has 2 aromatic rings. The molecule has 0 spiro atoms. The molecule has 37 heavy (non-hydrogen) atoms. The van der Waals surface area contributed by atoms with Gasteiger partial charge in [0.2, 0.25) is 0 Å². The molecule has 0 radical (unpaired) electrons. The number of nitrogens with zero attached hydrogens (tertiary/aromatic N) is 2. The van der Waals surface area contributed by atoms with Gasteiger partial charge in [-0.1, -0.05) is 31.6 Å². The first-order valence-corrected chi connectivity index (χ1v) is 14.0. The zero-order valence-corrected chi connectivity index (χ0v) is 22.1. The number of carbonyl (C=O) groups is 2. The predicted molar refractivity (Wildman–Crippen MR) is 144 cm³/mol. The van der Waals surface area contributed by atoms with Crippen molar-refractivity contribution < 1.29 is 14.3 Å². The molecule has 1 aromatic heterocycles. The first-order valence-electron chi connectivity index (χ1n) is 14.0. The number of ether oxygens (including phenoxy) is 1. The van der Waals surface area contributed by atoms with E-state index in [2.05, 4.69) is 41.6 Å². The fourth-order valence-corrected chi connectivity index (χ4v) is 8.11. The Morgan fingerprint density at radius 2 is 2.00 bits per heavy atom. The second-order valence-electron chi connectivity index (χ2n) is 12.2.